The highest BCUT2D eigenvalue weighted by Crippen LogP contribution is 2.48. The lowest BCUT2D eigenvalue weighted by atomic mass is 10.3. The topological polar surface area (TPSA) is 22.1 Å². The van der Waals surface area contributed by atoms with Gasteiger partial charge in [0.25, 0.3) is 5.92 Å². The van der Waals surface area contributed by atoms with Gasteiger partial charge in [-0.1, -0.05) is 0 Å². The average Bonchev–Trinajstić information content (AvgIpc) is 2.77. The molecule has 0 aliphatic heterocycles. The third-order valence-electron chi connectivity index (χ3n) is 2.41. The molecule has 1 unspecified atom stereocenters. The lowest BCUT2D eigenvalue weighted by Gasteiger charge is -2.05. The van der Waals surface area contributed by atoms with Gasteiger partial charge in [0.15, 0.2) is 0 Å². The Balaban J connectivity index is 1.92. The van der Waals surface area contributed by atoms with E-state index >= 15 is 0 Å². The van der Waals surface area contributed by atoms with Gasteiger partial charge < -0.3 is 4.74 Å². The Morgan fingerprint density at radius 1 is 1.67 bits per heavy atom. The Kier molecular flexibility index (Phi) is 2.66. The molecule has 1 atom stereocenters. The van der Waals surface area contributed by atoms with Gasteiger partial charge in [0.1, 0.15) is 0 Å². The van der Waals surface area contributed by atoms with Crippen LogP contribution in [0.2, 0.25) is 0 Å². The normalized spacial score (nSPS) is 22.5. The summed E-state index contributed by atoms with van der Waals surface area (Å²) in [5.74, 6) is -2.76. The number of aryl methyl sites for hydroxylation is 1. The fraction of sp³-hybridized carbons (Fsp3) is 0.500. The molecule has 0 radical (unpaired) electrons. The van der Waals surface area contributed by atoms with Crippen molar-refractivity contribution in [3.8, 4) is 5.88 Å². The zero-order chi connectivity index (χ0) is 11.1. The lowest BCUT2D eigenvalue weighted by Crippen LogP contribution is -2.06. The Morgan fingerprint density at radius 2 is 2.33 bits per heavy atom. The van der Waals surface area contributed by atoms with Gasteiger partial charge in [0.2, 0.25) is 5.88 Å². The number of nitrogens with zero attached hydrogens (tertiary/aromatic N) is 1. The van der Waals surface area contributed by atoms with E-state index in [0.29, 0.717) is 5.88 Å². The molecular formula is C10H10BrF2NO. The van der Waals surface area contributed by atoms with Gasteiger partial charge in [0, 0.05) is 23.2 Å². The Bertz CT molecular complexity index is 384. The van der Waals surface area contributed by atoms with E-state index in [0.717, 1.165) is 10.0 Å². The Labute approximate surface area is 94.8 Å². The molecule has 0 saturated heterocycles. The summed E-state index contributed by atoms with van der Waals surface area (Å²) >= 11 is 3.30. The summed E-state index contributed by atoms with van der Waals surface area (Å²) in [5.41, 5.74) is 0.975. The highest BCUT2D eigenvalue weighted by molar-refractivity contribution is 9.10. The molecule has 15 heavy (non-hydrogen) atoms. The molecule has 2 nitrogen and oxygen atoms in total. The molecule has 1 aliphatic carbocycles. The minimum atomic E-state index is -2.52. The molecule has 2 rings (SSSR count). The van der Waals surface area contributed by atoms with Crippen molar-refractivity contribution in [1.29, 1.82) is 0 Å². The molecular weight excluding hydrogens is 268 g/mol. The van der Waals surface area contributed by atoms with Crippen LogP contribution in [0.25, 0.3) is 0 Å². The molecule has 0 amide bonds. The van der Waals surface area contributed by atoms with Crippen molar-refractivity contribution < 1.29 is 13.5 Å². The van der Waals surface area contributed by atoms with Crippen LogP contribution < -0.4 is 4.74 Å². The first-order chi connectivity index (χ1) is 6.99. The second kappa shape index (κ2) is 3.70. The lowest BCUT2D eigenvalue weighted by molar-refractivity contribution is 0.0849. The van der Waals surface area contributed by atoms with E-state index in [2.05, 4.69) is 20.9 Å². The number of pyridine rings is 1. The van der Waals surface area contributed by atoms with Gasteiger partial charge in [-0.05, 0) is 28.4 Å². The number of rotatable bonds is 3. The second-order valence-electron chi connectivity index (χ2n) is 3.74. The Hall–Kier alpha value is -0.710. The van der Waals surface area contributed by atoms with E-state index in [9.17, 15) is 8.78 Å². The summed E-state index contributed by atoms with van der Waals surface area (Å²) in [4.78, 5) is 3.97. The van der Waals surface area contributed by atoms with Crippen LogP contribution in [-0.4, -0.2) is 17.5 Å². The van der Waals surface area contributed by atoms with Crippen LogP contribution in [0.3, 0.4) is 0 Å². The zero-order valence-electron chi connectivity index (χ0n) is 8.14. The van der Waals surface area contributed by atoms with E-state index in [1.165, 1.54) is 0 Å². The van der Waals surface area contributed by atoms with Crippen LogP contribution in [0.5, 0.6) is 5.88 Å². The predicted molar refractivity (Wildman–Crippen MR) is 55.2 cm³/mol. The smallest absolute Gasteiger partial charge is 0.255 e. The monoisotopic (exact) mass is 277 g/mol. The van der Waals surface area contributed by atoms with Crippen LogP contribution in [0.1, 0.15) is 12.0 Å². The number of hydrogen-bond acceptors (Lipinski definition) is 2. The summed E-state index contributed by atoms with van der Waals surface area (Å²) in [6.45, 7) is 1.94. The summed E-state index contributed by atoms with van der Waals surface area (Å²) in [6, 6.07) is 1.73. The standard InChI is InChI=1S/C10H10BrF2NO/c1-6-2-9(14-4-8(6)11)15-5-7-3-10(7,12)13/h2,4,7H,3,5H2,1H3. The molecule has 82 valence electrons. The predicted octanol–water partition coefficient (Wildman–Crippen LogP) is 3.19. The van der Waals surface area contributed by atoms with Crippen molar-refractivity contribution in [1.82, 2.24) is 4.98 Å². The molecule has 1 fully saturated rings. The average molecular weight is 278 g/mol. The third kappa shape index (κ3) is 2.45. The molecule has 0 N–H and O–H groups in total. The van der Waals surface area contributed by atoms with Crippen molar-refractivity contribution in [3.05, 3.63) is 22.3 Å². The highest BCUT2D eigenvalue weighted by atomic mass is 79.9. The van der Waals surface area contributed by atoms with E-state index in [-0.39, 0.29) is 13.0 Å². The molecule has 1 heterocycles. The Morgan fingerprint density at radius 3 is 2.87 bits per heavy atom. The summed E-state index contributed by atoms with van der Waals surface area (Å²) in [6.07, 6.45) is 1.54. The van der Waals surface area contributed by atoms with Crippen LogP contribution in [-0.2, 0) is 0 Å². The van der Waals surface area contributed by atoms with Crippen LogP contribution in [0.15, 0.2) is 16.7 Å². The maximum Gasteiger partial charge on any atom is 0.255 e. The van der Waals surface area contributed by atoms with Crippen molar-refractivity contribution in [2.45, 2.75) is 19.3 Å². The molecule has 1 aromatic rings. The van der Waals surface area contributed by atoms with Gasteiger partial charge in [0.05, 0.1) is 12.5 Å². The third-order valence-corrected chi connectivity index (χ3v) is 3.24. The van der Waals surface area contributed by atoms with Gasteiger partial charge in [-0.3, -0.25) is 0 Å². The molecule has 0 bridgehead atoms. The van der Waals surface area contributed by atoms with Gasteiger partial charge in [-0.25, -0.2) is 13.8 Å². The molecule has 1 aliphatic rings. The van der Waals surface area contributed by atoms with Crippen molar-refractivity contribution in [3.63, 3.8) is 0 Å². The molecule has 1 aromatic heterocycles. The number of ether oxygens (including phenoxy) is 1. The van der Waals surface area contributed by atoms with Crippen LogP contribution >= 0.6 is 15.9 Å². The first kappa shape index (κ1) is 10.8. The maximum atomic E-state index is 12.5. The maximum absolute atomic E-state index is 12.5. The van der Waals surface area contributed by atoms with Crippen LogP contribution in [0.4, 0.5) is 8.78 Å². The first-order valence-electron chi connectivity index (χ1n) is 4.62. The summed E-state index contributed by atoms with van der Waals surface area (Å²) in [5, 5.41) is 0. The quantitative estimate of drug-likeness (QED) is 0.847. The van der Waals surface area contributed by atoms with Crippen molar-refractivity contribution in [2.24, 2.45) is 5.92 Å². The fourth-order valence-electron chi connectivity index (χ4n) is 1.23. The van der Waals surface area contributed by atoms with Gasteiger partial charge in [-0.15, -0.1) is 0 Å². The number of aromatic nitrogens is 1. The SMILES string of the molecule is Cc1cc(OCC2CC2(F)F)ncc1Br. The van der Waals surface area contributed by atoms with Gasteiger partial charge >= 0.3 is 0 Å². The van der Waals surface area contributed by atoms with Crippen LogP contribution in [0, 0.1) is 12.8 Å². The summed E-state index contributed by atoms with van der Waals surface area (Å²) < 4.78 is 31.1. The number of hydrogen-bond donors (Lipinski definition) is 0. The number of halogens is 3. The van der Waals surface area contributed by atoms with E-state index in [1.807, 2.05) is 6.92 Å². The minimum absolute atomic E-state index is 0.0427. The van der Waals surface area contributed by atoms with E-state index in [4.69, 9.17) is 4.74 Å². The van der Waals surface area contributed by atoms with Gasteiger partial charge in [-0.2, -0.15) is 0 Å². The zero-order valence-corrected chi connectivity index (χ0v) is 9.72. The minimum Gasteiger partial charge on any atom is -0.477 e. The summed E-state index contributed by atoms with van der Waals surface area (Å²) in [7, 11) is 0. The largest absolute Gasteiger partial charge is 0.477 e. The molecule has 0 aromatic carbocycles. The van der Waals surface area contributed by atoms with E-state index in [1.54, 1.807) is 12.3 Å². The highest BCUT2D eigenvalue weighted by Gasteiger charge is 2.57. The number of alkyl halides is 2. The van der Waals surface area contributed by atoms with Crippen molar-refractivity contribution >= 4 is 15.9 Å². The molecule has 1 saturated carbocycles. The fourth-order valence-corrected chi connectivity index (χ4v) is 1.45. The molecule has 0 spiro atoms. The van der Waals surface area contributed by atoms with E-state index < -0.39 is 11.8 Å². The first-order valence-corrected chi connectivity index (χ1v) is 5.41. The second-order valence-corrected chi connectivity index (χ2v) is 4.60. The van der Waals surface area contributed by atoms with Crippen molar-refractivity contribution in [2.75, 3.05) is 6.61 Å². The molecule has 5 heteroatoms.